The number of carbonyl (C=O) groups is 2. The number of alkyl halides is 3. The number of nitrogens with one attached hydrogen (secondary N) is 1. The number of halogens is 3. The summed E-state index contributed by atoms with van der Waals surface area (Å²) < 4.78 is 58.5. The van der Waals surface area contributed by atoms with Crippen LogP contribution in [0.15, 0.2) is 78.9 Å². The van der Waals surface area contributed by atoms with Gasteiger partial charge >= 0.3 is 12.1 Å². The fraction of sp³-hybridized carbons (Fsp3) is 0.214. The van der Waals surface area contributed by atoms with E-state index in [9.17, 15) is 27.3 Å². The highest BCUT2D eigenvalue weighted by Gasteiger charge is 2.40. The Morgan fingerprint density at radius 2 is 1.51 bits per heavy atom. The molecular weight excluding hydrogens is 502 g/mol. The van der Waals surface area contributed by atoms with Gasteiger partial charge in [-0.3, -0.25) is 14.2 Å². The van der Waals surface area contributed by atoms with Crippen LogP contribution in [0.1, 0.15) is 23.7 Å². The Morgan fingerprint density at radius 1 is 0.919 bits per heavy atom. The number of fused-ring (bicyclic) bond motifs is 2. The second-order valence-corrected chi connectivity index (χ2v) is 11.3. The molecule has 0 radical (unpaired) electrons. The highest BCUT2D eigenvalue weighted by atomic mass is 31.2. The van der Waals surface area contributed by atoms with Crippen LogP contribution in [0, 0.1) is 0 Å². The maximum absolute atomic E-state index is 13.9. The number of carbonyl (C=O) groups excluding carboxylic acids is 2. The van der Waals surface area contributed by atoms with Gasteiger partial charge < -0.3 is 9.84 Å². The second-order valence-electron chi connectivity index (χ2n) is 8.75. The Balaban J connectivity index is 1.82. The van der Waals surface area contributed by atoms with Crippen molar-refractivity contribution in [3.8, 4) is 0 Å². The van der Waals surface area contributed by atoms with Crippen LogP contribution in [-0.4, -0.2) is 31.1 Å². The molecule has 0 aliphatic rings. The van der Waals surface area contributed by atoms with E-state index in [0.717, 1.165) is 10.8 Å². The van der Waals surface area contributed by atoms with Gasteiger partial charge in [0, 0.05) is 18.8 Å². The van der Waals surface area contributed by atoms with Crippen LogP contribution in [-0.2, 0) is 25.1 Å². The van der Waals surface area contributed by atoms with Crippen molar-refractivity contribution in [3.63, 3.8) is 0 Å². The van der Waals surface area contributed by atoms with E-state index in [2.05, 4.69) is 0 Å². The lowest BCUT2D eigenvalue weighted by Crippen LogP contribution is -2.30. The van der Waals surface area contributed by atoms with E-state index in [1.54, 1.807) is 49.4 Å². The van der Waals surface area contributed by atoms with E-state index in [1.807, 2.05) is 35.6 Å². The Kier molecular flexibility index (Phi) is 7.53. The normalized spacial score (nSPS) is 14.3. The molecule has 9 heteroatoms. The van der Waals surface area contributed by atoms with Crippen LogP contribution >= 0.6 is 7.37 Å². The molecule has 0 saturated heterocycles. The topological polar surface area (TPSA) is 72.5 Å². The van der Waals surface area contributed by atoms with Gasteiger partial charge in [-0.15, -0.1) is 0 Å². The molecule has 37 heavy (non-hydrogen) atoms. The molecule has 0 bridgehead atoms. The monoisotopic (exact) mass is 527 g/mol. The average molecular weight is 527 g/mol. The lowest BCUT2D eigenvalue weighted by molar-refractivity contribution is -0.167. The quantitative estimate of drug-likeness (QED) is 0.244. The van der Waals surface area contributed by atoms with Gasteiger partial charge in [0.2, 0.25) is 7.37 Å². The molecule has 4 aromatic rings. The zero-order chi connectivity index (χ0) is 26.8. The van der Waals surface area contributed by atoms with Crippen molar-refractivity contribution in [1.82, 2.24) is 0 Å². The first-order valence-electron chi connectivity index (χ1n) is 11.6. The summed E-state index contributed by atoms with van der Waals surface area (Å²) in [5, 5.41) is 4.76. The zero-order valence-corrected chi connectivity index (χ0v) is 21.1. The number of hydrogen-bond acceptors (Lipinski definition) is 4. The molecule has 4 aromatic carbocycles. The van der Waals surface area contributed by atoms with Crippen LogP contribution < -0.4 is 5.32 Å². The van der Waals surface area contributed by atoms with Crippen molar-refractivity contribution < 1.29 is 31.8 Å². The zero-order valence-electron chi connectivity index (χ0n) is 20.2. The van der Waals surface area contributed by atoms with E-state index < -0.39 is 30.9 Å². The summed E-state index contributed by atoms with van der Waals surface area (Å²) in [5.41, 5.74) is -0.586. The molecule has 0 saturated carbocycles. The standard InChI is InChI=1S/C28H25F3NO4P/c1-3-36-37(2,35)26(23-14-8-12-18-9-6-7-13-22(18)23)25(33)17-21-15-19-10-4-5-11-20(19)16-24(21)32-27(34)28(29,30)31/h4-16,26H,3,17H2,1-2H3,(H,32,34). The number of ketones is 1. The molecule has 4 rings (SSSR count). The van der Waals surface area contributed by atoms with Gasteiger partial charge in [-0.05, 0) is 51.7 Å². The molecule has 0 heterocycles. The summed E-state index contributed by atoms with van der Waals surface area (Å²) in [6, 6.07) is 22.6. The molecule has 2 unspecified atom stereocenters. The summed E-state index contributed by atoms with van der Waals surface area (Å²) in [6.07, 6.45) is -5.47. The van der Waals surface area contributed by atoms with Crippen molar-refractivity contribution in [3.05, 3.63) is 90.0 Å². The van der Waals surface area contributed by atoms with Gasteiger partial charge in [0.05, 0.1) is 6.61 Å². The van der Waals surface area contributed by atoms with Crippen LogP contribution in [0.2, 0.25) is 0 Å². The smallest absolute Gasteiger partial charge is 0.328 e. The minimum atomic E-state index is -5.10. The Bertz CT molecular complexity index is 1530. The molecule has 1 amide bonds. The summed E-state index contributed by atoms with van der Waals surface area (Å²) in [7, 11) is -3.56. The van der Waals surface area contributed by atoms with Gasteiger partial charge in [-0.25, -0.2) is 0 Å². The fourth-order valence-electron chi connectivity index (χ4n) is 4.54. The maximum Gasteiger partial charge on any atom is 0.471 e. The van der Waals surface area contributed by atoms with Crippen molar-refractivity contribution in [1.29, 1.82) is 0 Å². The van der Waals surface area contributed by atoms with Crippen LogP contribution in [0.4, 0.5) is 18.9 Å². The first kappa shape index (κ1) is 26.6. The molecule has 0 aliphatic heterocycles. The largest absolute Gasteiger partial charge is 0.471 e. The molecule has 1 N–H and O–H groups in total. The van der Waals surface area contributed by atoms with Gasteiger partial charge in [-0.2, -0.15) is 13.2 Å². The van der Waals surface area contributed by atoms with Crippen molar-refractivity contribution >= 4 is 46.3 Å². The summed E-state index contributed by atoms with van der Waals surface area (Å²) >= 11 is 0. The number of Topliss-reactive ketones (excluding diaryl/α,β-unsaturated/α-hetero) is 1. The fourth-order valence-corrected chi connectivity index (χ4v) is 6.54. The van der Waals surface area contributed by atoms with E-state index in [0.29, 0.717) is 16.3 Å². The first-order chi connectivity index (χ1) is 17.5. The minimum absolute atomic E-state index is 0.116. The lowest BCUT2D eigenvalue weighted by atomic mass is 9.95. The van der Waals surface area contributed by atoms with Gasteiger partial charge in [0.1, 0.15) is 5.66 Å². The number of rotatable bonds is 8. The van der Waals surface area contributed by atoms with Crippen molar-refractivity contribution in [2.45, 2.75) is 25.2 Å². The third-order valence-electron chi connectivity index (χ3n) is 6.12. The number of hydrogen-bond donors (Lipinski definition) is 1. The van der Waals surface area contributed by atoms with E-state index in [1.165, 1.54) is 12.7 Å². The molecule has 0 aromatic heterocycles. The summed E-state index contributed by atoms with van der Waals surface area (Å²) in [4.78, 5) is 25.6. The number of anilines is 1. The SMILES string of the molecule is CCOP(C)(=O)C(C(=O)Cc1cc2ccccc2cc1NC(=O)C(F)(F)F)c1cccc2ccccc12. The molecule has 0 spiro atoms. The van der Waals surface area contributed by atoms with Gasteiger partial charge in [0.15, 0.2) is 5.78 Å². The molecule has 2 atom stereocenters. The number of amides is 1. The third kappa shape index (κ3) is 5.76. The van der Waals surface area contributed by atoms with E-state index in [4.69, 9.17) is 4.52 Å². The Hall–Kier alpha value is -3.48. The van der Waals surface area contributed by atoms with Crippen LogP contribution in [0.5, 0.6) is 0 Å². The molecule has 192 valence electrons. The molecule has 0 aliphatic carbocycles. The average Bonchev–Trinajstić information content (AvgIpc) is 2.84. The molecule has 5 nitrogen and oxygen atoms in total. The van der Waals surface area contributed by atoms with Crippen molar-refractivity contribution in [2.75, 3.05) is 18.6 Å². The van der Waals surface area contributed by atoms with Crippen molar-refractivity contribution in [2.24, 2.45) is 0 Å². The van der Waals surface area contributed by atoms with Crippen LogP contribution in [0.3, 0.4) is 0 Å². The second kappa shape index (κ2) is 10.5. The molecular formula is C28H25F3NO4P. The molecule has 0 fully saturated rings. The summed E-state index contributed by atoms with van der Waals surface area (Å²) in [6.45, 7) is 3.19. The third-order valence-corrected chi connectivity index (χ3v) is 8.39. The van der Waals surface area contributed by atoms with E-state index in [-0.39, 0.29) is 24.3 Å². The Morgan fingerprint density at radius 3 is 2.16 bits per heavy atom. The minimum Gasteiger partial charge on any atom is -0.328 e. The number of benzene rings is 4. The van der Waals surface area contributed by atoms with E-state index >= 15 is 0 Å². The predicted octanol–water partition coefficient (Wildman–Crippen LogP) is 7.29. The summed E-state index contributed by atoms with van der Waals surface area (Å²) in [5.74, 6) is -2.63. The Labute approximate surface area is 212 Å². The highest BCUT2D eigenvalue weighted by Crippen LogP contribution is 2.58. The maximum atomic E-state index is 13.9. The lowest BCUT2D eigenvalue weighted by Gasteiger charge is -2.25. The highest BCUT2D eigenvalue weighted by molar-refractivity contribution is 7.59. The van der Waals surface area contributed by atoms with Gasteiger partial charge in [-0.1, -0.05) is 66.7 Å². The first-order valence-corrected chi connectivity index (χ1v) is 13.8. The predicted molar refractivity (Wildman–Crippen MR) is 139 cm³/mol. The van der Waals surface area contributed by atoms with Crippen LogP contribution in [0.25, 0.3) is 21.5 Å². The van der Waals surface area contributed by atoms with Gasteiger partial charge in [0.25, 0.3) is 0 Å².